The fourth-order valence-corrected chi connectivity index (χ4v) is 3.02. The summed E-state index contributed by atoms with van der Waals surface area (Å²) >= 11 is 0. The van der Waals surface area contributed by atoms with Crippen LogP contribution in [0.1, 0.15) is 31.4 Å². The van der Waals surface area contributed by atoms with Crippen LogP contribution in [-0.2, 0) is 22.6 Å². The van der Waals surface area contributed by atoms with Crippen molar-refractivity contribution in [1.29, 1.82) is 0 Å². The Kier molecular flexibility index (Phi) is 7.86. The lowest BCUT2D eigenvalue weighted by atomic mass is 10.0. The molecule has 0 radical (unpaired) electrons. The number of benzene rings is 2. The van der Waals surface area contributed by atoms with Gasteiger partial charge in [-0.25, -0.2) is 0 Å². The minimum atomic E-state index is -0.564. The Hall–Kier alpha value is -2.82. The van der Waals surface area contributed by atoms with E-state index in [9.17, 15) is 9.59 Å². The van der Waals surface area contributed by atoms with Crippen LogP contribution in [0.25, 0.3) is 0 Å². The molecule has 0 saturated heterocycles. The van der Waals surface area contributed by atoms with E-state index >= 15 is 0 Å². The Bertz CT molecular complexity index is 746. The van der Waals surface area contributed by atoms with Crippen molar-refractivity contribution in [3.8, 4) is 5.75 Å². The van der Waals surface area contributed by atoms with Crippen molar-refractivity contribution in [3.63, 3.8) is 0 Å². The minimum absolute atomic E-state index is 0.0509. The summed E-state index contributed by atoms with van der Waals surface area (Å²) in [6.07, 6.45) is 0.817. The van der Waals surface area contributed by atoms with Gasteiger partial charge in [0.1, 0.15) is 11.8 Å². The molecule has 0 bridgehead atoms. The molecule has 1 N–H and O–H groups in total. The van der Waals surface area contributed by atoms with Gasteiger partial charge in [0.2, 0.25) is 11.8 Å². The highest BCUT2D eigenvalue weighted by Crippen LogP contribution is 2.18. The second-order valence-electron chi connectivity index (χ2n) is 6.33. The van der Waals surface area contributed by atoms with Crippen LogP contribution in [0.4, 0.5) is 0 Å². The Balaban J connectivity index is 2.33. The Labute approximate surface area is 161 Å². The summed E-state index contributed by atoms with van der Waals surface area (Å²) in [5, 5.41) is 2.88. The Morgan fingerprint density at radius 2 is 1.74 bits per heavy atom. The van der Waals surface area contributed by atoms with Crippen LogP contribution in [0.15, 0.2) is 54.6 Å². The molecule has 0 aliphatic rings. The van der Waals surface area contributed by atoms with Crippen molar-refractivity contribution in [3.05, 3.63) is 65.7 Å². The van der Waals surface area contributed by atoms with Crippen LogP contribution in [-0.4, -0.2) is 36.4 Å². The van der Waals surface area contributed by atoms with Crippen molar-refractivity contribution in [2.45, 2.75) is 39.3 Å². The second-order valence-corrected chi connectivity index (χ2v) is 6.33. The SMILES string of the molecule is CCNC(=O)[C@@H](Cc1ccccc1)N(Cc1cccc(OC)c1)C(=O)CC. The lowest BCUT2D eigenvalue weighted by Gasteiger charge is -2.31. The first-order valence-electron chi connectivity index (χ1n) is 9.33. The molecule has 0 aliphatic heterocycles. The van der Waals surface area contributed by atoms with E-state index in [1.807, 2.05) is 68.4 Å². The van der Waals surface area contributed by atoms with Crippen LogP contribution in [0.5, 0.6) is 5.75 Å². The number of nitrogens with zero attached hydrogens (tertiary/aromatic N) is 1. The summed E-state index contributed by atoms with van der Waals surface area (Å²) in [7, 11) is 1.61. The van der Waals surface area contributed by atoms with Gasteiger partial charge in [-0.1, -0.05) is 49.4 Å². The first-order valence-corrected chi connectivity index (χ1v) is 9.33. The summed E-state index contributed by atoms with van der Waals surface area (Å²) in [5.74, 6) is 0.546. The largest absolute Gasteiger partial charge is 0.497 e. The normalized spacial score (nSPS) is 11.5. The molecule has 1 atom stereocenters. The number of carbonyl (C=O) groups is 2. The fraction of sp³-hybridized carbons (Fsp3) is 0.364. The molecule has 0 spiro atoms. The molecule has 0 aromatic heterocycles. The number of amides is 2. The molecule has 0 unspecified atom stereocenters. The molecular weight excluding hydrogens is 340 g/mol. The summed E-state index contributed by atoms with van der Waals surface area (Å²) in [6, 6.07) is 16.8. The number of rotatable bonds is 9. The minimum Gasteiger partial charge on any atom is -0.497 e. The third-order valence-electron chi connectivity index (χ3n) is 4.41. The number of nitrogens with one attached hydrogen (secondary N) is 1. The highest BCUT2D eigenvalue weighted by molar-refractivity contribution is 5.87. The topological polar surface area (TPSA) is 58.6 Å². The number of ether oxygens (including phenoxy) is 1. The predicted molar refractivity (Wildman–Crippen MR) is 106 cm³/mol. The molecule has 5 nitrogen and oxygen atoms in total. The van der Waals surface area contributed by atoms with E-state index in [0.29, 0.717) is 25.9 Å². The standard InChI is InChI=1S/C22H28N2O3/c1-4-21(25)24(16-18-12-9-13-19(14-18)27-3)20(22(26)23-5-2)15-17-10-7-6-8-11-17/h6-14,20H,4-5,15-16H2,1-3H3,(H,23,26)/t20-/m1/s1. The quantitative estimate of drug-likeness (QED) is 0.740. The van der Waals surface area contributed by atoms with E-state index in [1.54, 1.807) is 12.0 Å². The van der Waals surface area contributed by atoms with Gasteiger partial charge in [0.05, 0.1) is 7.11 Å². The van der Waals surface area contributed by atoms with Gasteiger partial charge in [-0.2, -0.15) is 0 Å². The van der Waals surface area contributed by atoms with Crippen LogP contribution < -0.4 is 10.1 Å². The lowest BCUT2D eigenvalue weighted by molar-refractivity contribution is -0.141. The average molecular weight is 368 g/mol. The van der Waals surface area contributed by atoms with Crippen LogP contribution in [0, 0.1) is 0 Å². The molecule has 0 fully saturated rings. The molecular formula is C22H28N2O3. The Morgan fingerprint density at radius 1 is 1.04 bits per heavy atom. The van der Waals surface area contributed by atoms with Crippen LogP contribution in [0.3, 0.4) is 0 Å². The predicted octanol–water partition coefficient (Wildman–Crippen LogP) is 3.18. The number of hydrogen-bond acceptors (Lipinski definition) is 3. The average Bonchev–Trinajstić information content (AvgIpc) is 2.71. The summed E-state index contributed by atoms with van der Waals surface area (Å²) in [6.45, 7) is 4.58. The van der Waals surface area contributed by atoms with Crippen LogP contribution >= 0.6 is 0 Å². The first kappa shape index (κ1) is 20.5. The third-order valence-corrected chi connectivity index (χ3v) is 4.41. The monoisotopic (exact) mass is 368 g/mol. The molecule has 2 aromatic rings. The molecule has 0 aliphatic carbocycles. The van der Waals surface area contributed by atoms with E-state index < -0.39 is 6.04 Å². The molecule has 0 heterocycles. The second kappa shape index (κ2) is 10.4. The van der Waals surface area contributed by atoms with Gasteiger partial charge in [-0.15, -0.1) is 0 Å². The molecule has 2 aromatic carbocycles. The van der Waals surface area contributed by atoms with Gasteiger partial charge in [0.15, 0.2) is 0 Å². The van der Waals surface area contributed by atoms with Gasteiger partial charge in [-0.3, -0.25) is 9.59 Å². The summed E-state index contributed by atoms with van der Waals surface area (Å²) < 4.78 is 5.28. The van der Waals surface area contributed by atoms with Gasteiger partial charge < -0.3 is 15.0 Å². The zero-order chi connectivity index (χ0) is 19.6. The maximum absolute atomic E-state index is 12.8. The van der Waals surface area contributed by atoms with E-state index in [1.165, 1.54) is 0 Å². The number of hydrogen-bond donors (Lipinski definition) is 1. The fourth-order valence-electron chi connectivity index (χ4n) is 3.02. The first-order chi connectivity index (χ1) is 13.1. The van der Waals surface area contributed by atoms with Crippen molar-refractivity contribution in [1.82, 2.24) is 10.2 Å². The number of carbonyl (C=O) groups excluding carboxylic acids is 2. The van der Waals surface area contributed by atoms with E-state index in [4.69, 9.17) is 4.74 Å². The highest BCUT2D eigenvalue weighted by Gasteiger charge is 2.29. The van der Waals surface area contributed by atoms with E-state index in [-0.39, 0.29) is 11.8 Å². The maximum atomic E-state index is 12.8. The van der Waals surface area contributed by atoms with Crippen molar-refractivity contribution in [2.75, 3.05) is 13.7 Å². The lowest BCUT2D eigenvalue weighted by Crippen LogP contribution is -2.50. The summed E-state index contributed by atoms with van der Waals surface area (Å²) in [4.78, 5) is 27.2. The molecule has 0 saturated carbocycles. The molecule has 2 amide bonds. The van der Waals surface area contributed by atoms with Crippen molar-refractivity contribution in [2.24, 2.45) is 0 Å². The van der Waals surface area contributed by atoms with Gasteiger partial charge in [0, 0.05) is 25.9 Å². The maximum Gasteiger partial charge on any atom is 0.243 e. The third kappa shape index (κ3) is 5.84. The Morgan fingerprint density at radius 3 is 2.37 bits per heavy atom. The van der Waals surface area contributed by atoms with Gasteiger partial charge >= 0.3 is 0 Å². The van der Waals surface area contributed by atoms with Crippen molar-refractivity contribution < 1.29 is 14.3 Å². The molecule has 144 valence electrons. The van der Waals surface area contributed by atoms with E-state index in [2.05, 4.69) is 5.32 Å². The van der Waals surface area contributed by atoms with Crippen molar-refractivity contribution >= 4 is 11.8 Å². The highest BCUT2D eigenvalue weighted by atomic mass is 16.5. The molecule has 5 heteroatoms. The molecule has 27 heavy (non-hydrogen) atoms. The summed E-state index contributed by atoms with van der Waals surface area (Å²) in [5.41, 5.74) is 1.95. The zero-order valence-electron chi connectivity index (χ0n) is 16.3. The zero-order valence-corrected chi connectivity index (χ0v) is 16.3. The smallest absolute Gasteiger partial charge is 0.243 e. The number of methoxy groups -OCH3 is 1. The van der Waals surface area contributed by atoms with E-state index in [0.717, 1.165) is 16.9 Å². The molecule has 2 rings (SSSR count). The van der Waals surface area contributed by atoms with Crippen LogP contribution in [0.2, 0.25) is 0 Å². The number of likely N-dealkylation sites (N-methyl/N-ethyl adjacent to an activating group) is 1. The van der Waals surface area contributed by atoms with Gasteiger partial charge in [-0.05, 0) is 30.2 Å². The van der Waals surface area contributed by atoms with Gasteiger partial charge in [0.25, 0.3) is 0 Å².